The molecule has 0 bridgehead atoms. The van der Waals surface area contributed by atoms with Gasteiger partial charge in [0.05, 0.1) is 0 Å². The molecule has 0 saturated carbocycles. The summed E-state index contributed by atoms with van der Waals surface area (Å²) in [4.78, 5) is 0. The fourth-order valence-electron chi connectivity index (χ4n) is 4.74. The van der Waals surface area contributed by atoms with Crippen LogP contribution >= 0.6 is 0 Å². The first-order valence-electron chi connectivity index (χ1n) is 9.17. The van der Waals surface area contributed by atoms with Gasteiger partial charge in [-0.3, -0.25) is 0 Å². The monoisotopic (exact) mass is 477 g/mol. The molecule has 0 N–H and O–H groups in total. The van der Waals surface area contributed by atoms with E-state index in [1.807, 2.05) is 0 Å². The molecule has 0 spiro atoms. The van der Waals surface area contributed by atoms with Crippen LogP contribution in [0.15, 0.2) is 60.2 Å². The van der Waals surface area contributed by atoms with Crippen molar-refractivity contribution in [2.24, 2.45) is 0 Å². The molecule has 26 heavy (non-hydrogen) atoms. The van der Waals surface area contributed by atoms with Gasteiger partial charge in [-0.2, -0.15) is 0 Å². The van der Waals surface area contributed by atoms with Gasteiger partial charge in [-0.15, -0.1) is 0 Å². The zero-order chi connectivity index (χ0) is 16.7. The Labute approximate surface area is 180 Å². The Morgan fingerprint density at radius 2 is 1.54 bits per heavy atom. The molecule has 135 valence electrons. The second-order valence-electron chi connectivity index (χ2n) is 6.94. The SMILES string of the molecule is CCC1=C(CC)[CH]([Zr+2]([SiH3])[CH]2C=Cc3ccccc32)c2ccccc21.[Cl-].[Cl-]. The molecular weight excluding hydrogens is 454 g/mol. The molecule has 2 unspecified atom stereocenters. The van der Waals surface area contributed by atoms with E-state index < -0.39 is 20.9 Å². The third kappa shape index (κ3) is 3.51. The van der Waals surface area contributed by atoms with Crippen molar-refractivity contribution in [2.45, 2.75) is 33.9 Å². The number of allylic oxidation sites excluding steroid dienone is 3. The summed E-state index contributed by atoms with van der Waals surface area (Å²) in [6, 6.07) is 18.4. The fourth-order valence-corrected chi connectivity index (χ4v) is 19.4. The third-order valence-corrected chi connectivity index (χ3v) is 20.4. The van der Waals surface area contributed by atoms with Crippen LogP contribution < -0.4 is 24.8 Å². The first-order chi connectivity index (χ1) is 11.8. The number of rotatable bonds is 4. The number of halogens is 2. The van der Waals surface area contributed by atoms with E-state index in [4.69, 9.17) is 0 Å². The Kier molecular flexibility index (Phi) is 7.74. The summed E-state index contributed by atoms with van der Waals surface area (Å²) >= 11 is -1.60. The van der Waals surface area contributed by atoms with Crippen molar-refractivity contribution in [1.82, 2.24) is 0 Å². The Balaban J connectivity index is 0.00000121. The molecule has 2 aliphatic rings. The van der Waals surface area contributed by atoms with Gasteiger partial charge in [0.2, 0.25) is 0 Å². The molecule has 2 atom stereocenters. The minimum atomic E-state index is -1.60. The quantitative estimate of drug-likeness (QED) is 0.493. The molecule has 0 aromatic heterocycles. The van der Waals surface area contributed by atoms with E-state index >= 15 is 0 Å². The average Bonchev–Trinajstić information content (AvgIpc) is 3.19. The Bertz CT molecular complexity index is 844. The third-order valence-electron chi connectivity index (χ3n) is 5.81. The standard InChI is InChI=1S/C13H15.C9H7.2ClH.H3Si.Zr/c1-3-10-9-11-7-5-6-8-13(11)12(10)4-2;1-2-5-9-7-3-6-8(9)4-1;;;;/h5-9H,3-4H2,1-2H3;1-7H;2*1H;1H3;/q;;;;;+2/p-2. The minimum absolute atomic E-state index is 0. The number of hydrogen-bond donors (Lipinski definition) is 0. The zero-order valence-corrected chi connectivity index (χ0v) is 21.6. The maximum absolute atomic E-state index is 2.55. The average molecular weight is 480 g/mol. The molecule has 2 aliphatic carbocycles. The van der Waals surface area contributed by atoms with Crippen LogP contribution in [0.5, 0.6) is 0 Å². The van der Waals surface area contributed by atoms with Crippen molar-refractivity contribution in [3.8, 4) is 0 Å². The van der Waals surface area contributed by atoms with Gasteiger partial charge in [0, 0.05) is 0 Å². The molecule has 0 aliphatic heterocycles. The first-order valence-corrected chi connectivity index (χ1v) is 20.4. The molecule has 2 aromatic rings. The number of benzene rings is 2. The van der Waals surface area contributed by atoms with Gasteiger partial charge in [-0.1, -0.05) is 0 Å². The molecule has 0 fully saturated rings. The van der Waals surface area contributed by atoms with Gasteiger partial charge in [0.25, 0.3) is 0 Å². The van der Waals surface area contributed by atoms with Gasteiger partial charge >= 0.3 is 156 Å². The van der Waals surface area contributed by atoms with Crippen molar-refractivity contribution in [3.05, 3.63) is 82.4 Å². The maximum Gasteiger partial charge on any atom is -1.00 e. The van der Waals surface area contributed by atoms with Crippen molar-refractivity contribution >= 4 is 19.0 Å². The predicted octanol–water partition coefficient (Wildman–Crippen LogP) is -1.01. The van der Waals surface area contributed by atoms with E-state index in [1.54, 1.807) is 27.8 Å². The van der Waals surface area contributed by atoms with Crippen molar-refractivity contribution in [1.29, 1.82) is 0 Å². The summed E-state index contributed by atoms with van der Waals surface area (Å²) in [5, 5.41) is 0. The Morgan fingerprint density at radius 1 is 0.885 bits per heavy atom. The van der Waals surface area contributed by atoms with Crippen LogP contribution in [0, 0.1) is 0 Å². The molecule has 0 radical (unpaired) electrons. The number of fused-ring (bicyclic) bond motifs is 2. The van der Waals surface area contributed by atoms with Crippen molar-refractivity contribution < 1.29 is 45.7 Å². The summed E-state index contributed by atoms with van der Waals surface area (Å²) in [6.07, 6.45) is 7.35. The van der Waals surface area contributed by atoms with Crippen LogP contribution in [0.1, 0.15) is 56.2 Å². The Morgan fingerprint density at radius 3 is 2.23 bits per heavy atom. The van der Waals surface area contributed by atoms with Crippen LogP contribution in [-0.4, -0.2) is 7.37 Å². The van der Waals surface area contributed by atoms with Crippen LogP contribution in [0.3, 0.4) is 0 Å². The zero-order valence-electron chi connectivity index (χ0n) is 15.6. The molecule has 2 aromatic carbocycles. The minimum Gasteiger partial charge on any atom is -1.00 e. The molecule has 0 heterocycles. The molecule has 0 nitrogen and oxygen atoms in total. The van der Waals surface area contributed by atoms with E-state index in [-0.39, 0.29) is 24.8 Å². The van der Waals surface area contributed by atoms with Crippen LogP contribution in [0.25, 0.3) is 11.6 Å². The van der Waals surface area contributed by atoms with Crippen molar-refractivity contribution in [3.63, 3.8) is 0 Å². The predicted molar refractivity (Wildman–Crippen MR) is 105 cm³/mol. The van der Waals surface area contributed by atoms with Gasteiger partial charge < -0.3 is 24.8 Å². The largest absolute Gasteiger partial charge is 1.00 e. The van der Waals surface area contributed by atoms with E-state index in [2.05, 4.69) is 74.5 Å². The van der Waals surface area contributed by atoms with Crippen LogP contribution in [0.2, 0.25) is 0 Å². The van der Waals surface area contributed by atoms with E-state index in [9.17, 15) is 0 Å². The first kappa shape index (κ1) is 21.9. The van der Waals surface area contributed by atoms with E-state index in [0.717, 1.165) is 7.25 Å². The Hall–Kier alpha value is -0.400. The molecule has 4 heteroatoms. The van der Waals surface area contributed by atoms with Gasteiger partial charge in [-0.05, 0) is 0 Å². The summed E-state index contributed by atoms with van der Waals surface area (Å²) in [5.41, 5.74) is 9.81. The second-order valence-corrected chi connectivity index (χ2v) is 20.4. The summed E-state index contributed by atoms with van der Waals surface area (Å²) in [5.74, 6) is 0. The smallest absolute Gasteiger partial charge is 1.00 e. The fraction of sp³-hybridized carbons (Fsp3) is 0.273. The van der Waals surface area contributed by atoms with Gasteiger partial charge in [-0.25, -0.2) is 0 Å². The maximum atomic E-state index is 2.55. The van der Waals surface area contributed by atoms with Gasteiger partial charge in [0.1, 0.15) is 0 Å². The molecule has 0 amide bonds. The topological polar surface area (TPSA) is 0 Å². The number of hydrogen-bond acceptors (Lipinski definition) is 0. The summed E-state index contributed by atoms with van der Waals surface area (Å²) < 4.78 is 1.60. The molecule has 0 saturated heterocycles. The summed E-state index contributed by atoms with van der Waals surface area (Å²) in [7, 11) is 1.41. The van der Waals surface area contributed by atoms with Crippen molar-refractivity contribution in [2.75, 3.05) is 0 Å². The second kappa shape index (κ2) is 9.20. The van der Waals surface area contributed by atoms with Crippen LogP contribution in [-0.2, 0) is 20.9 Å². The van der Waals surface area contributed by atoms with Crippen LogP contribution in [0.4, 0.5) is 0 Å². The van der Waals surface area contributed by atoms with Gasteiger partial charge in [0.15, 0.2) is 0 Å². The normalized spacial score (nSPS) is 19.6. The molecule has 4 rings (SSSR count). The molecular formula is C22H25Cl2SiZr. The summed E-state index contributed by atoms with van der Waals surface area (Å²) in [6.45, 7) is 4.71. The van der Waals surface area contributed by atoms with E-state index in [1.165, 1.54) is 25.8 Å². The van der Waals surface area contributed by atoms with E-state index in [0.29, 0.717) is 0 Å².